The Labute approximate surface area is 220 Å². The number of fused-ring (bicyclic) bond motifs is 1. The van der Waals surface area contributed by atoms with E-state index < -0.39 is 23.6 Å². The Morgan fingerprint density at radius 2 is 1.89 bits per heavy atom. The van der Waals surface area contributed by atoms with Gasteiger partial charge in [0.2, 0.25) is 17.7 Å². The number of hydrogen-bond acceptors (Lipinski definition) is 6. The highest BCUT2D eigenvalue weighted by Gasteiger charge is 2.32. The third-order valence-corrected chi connectivity index (χ3v) is 6.54. The largest absolute Gasteiger partial charge is 0.444 e. The molecular weight excluding hydrogens is 490 g/mol. The van der Waals surface area contributed by atoms with Crippen LogP contribution in [-0.4, -0.2) is 74.5 Å². The number of carbonyl (C=O) groups excluding carboxylic acids is 4. The summed E-state index contributed by atoms with van der Waals surface area (Å²) >= 11 is 0. The molecule has 0 bridgehead atoms. The molecule has 2 fully saturated rings. The zero-order chi connectivity index (χ0) is 27.6. The van der Waals surface area contributed by atoms with E-state index in [1.54, 1.807) is 44.9 Å². The molecule has 1 aromatic heterocycles. The average molecular weight is 524 g/mol. The standard InChI is InChI=1S/C27H33N5O6/c1-27(2,3)38-26(37)31-15-14-30(23(34)17-31)13-7-5-6-8-18-9-10-19-21(16-18)29(4)25(36)32(19)20-11-12-22(33)28-24(20)35/h9-10,16,20H,5,7,11-15,17H2,1-4H3,(H,28,33,35). The van der Waals surface area contributed by atoms with Crippen LogP contribution in [0.4, 0.5) is 4.79 Å². The predicted octanol–water partition coefficient (Wildman–Crippen LogP) is 1.53. The first-order valence-corrected chi connectivity index (χ1v) is 12.7. The molecule has 0 saturated carbocycles. The molecule has 1 atom stereocenters. The number of imidazole rings is 1. The number of hydrogen-bond donors (Lipinski definition) is 1. The lowest BCUT2D eigenvalue weighted by molar-refractivity contribution is -0.136. The van der Waals surface area contributed by atoms with Gasteiger partial charge in [-0.15, -0.1) is 0 Å². The van der Waals surface area contributed by atoms with E-state index in [1.807, 2.05) is 6.07 Å². The maximum absolute atomic E-state index is 12.9. The van der Waals surface area contributed by atoms with Gasteiger partial charge >= 0.3 is 11.8 Å². The molecule has 1 N–H and O–H groups in total. The highest BCUT2D eigenvalue weighted by molar-refractivity contribution is 6.00. The van der Waals surface area contributed by atoms with Crippen LogP contribution in [0.25, 0.3) is 11.0 Å². The number of piperidine rings is 1. The van der Waals surface area contributed by atoms with Crippen LogP contribution in [0, 0.1) is 11.8 Å². The molecule has 4 rings (SSSR count). The number of amides is 4. The molecule has 0 spiro atoms. The Morgan fingerprint density at radius 1 is 1.13 bits per heavy atom. The van der Waals surface area contributed by atoms with Gasteiger partial charge in [-0.25, -0.2) is 9.59 Å². The average Bonchev–Trinajstić information content (AvgIpc) is 3.08. The number of aromatic nitrogens is 2. The number of benzene rings is 1. The van der Waals surface area contributed by atoms with E-state index in [0.717, 1.165) is 5.56 Å². The Morgan fingerprint density at radius 3 is 2.58 bits per heavy atom. The van der Waals surface area contributed by atoms with Crippen molar-refractivity contribution >= 4 is 34.8 Å². The van der Waals surface area contributed by atoms with E-state index in [2.05, 4.69) is 17.2 Å². The lowest BCUT2D eigenvalue weighted by atomic mass is 10.1. The molecule has 202 valence electrons. The second kappa shape index (κ2) is 10.7. The molecule has 2 aromatic rings. The first kappa shape index (κ1) is 27.0. The summed E-state index contributed by atoms with van der Waals surface area (Å²) in [7, 11) is 1.64. The van der Waals surface area contributed by atoms with Gasteiger partial charge in [-0.05, 0) is 51.8 Å². The highest BCUT2D eigenvalue weighted by atomic mass is 16.6. The molecule has 11 nitrogen and oxygen atoms in total. The van der Waals surface area contributed by atoms with Crippen molar-refractivity contribution in [3.8, 4) is 11.8 Å². The van der Waals surface area contributed by atoms with Gasteiger partial charge < -0.3 is 9.64 Å². The lowest BCUT2D eigenvalue weighted by Crippen LogP contribution is -2.53. The quantitative estimate of drug-likeness (QED) is 0.368. The van der Waals surface area contributed by atoms with Crippen LogP contribution in [0.1, 0.15) is 58.1 Å². The van der Waals surface area contributed by atoms with Crippen LogP contribution < -0.4 is 11.0 Å². The van der Waals surface area contributed by atoms with Crippen molar-refractivity contribution in [2.75, 3.05) is 26.2 Å². The van der Waals surface area contributed by atoms with Crippen molar-refractivity contribution in [1.82, 2.24) is 24.3 Å². The van der Waals surface area contributed by atoms with E-state index in [4.69, 9.17) is 4.74 Å². The second-order valence-corrected chi connectivity index (χ2v) is 10.6. The SMILES string of the molecule is Cn1c(=O)n(C2CCC(=O)NC2=O)c2ccc(C#CCCCN3CCN(C(=O)OC(C)(C)C)CC3=O)cc21. The normalized spacial score (nSPS) is 18.3. The third kappa shape index (κ3) is 5.90. The van der Waals surface area contributed by atoms with E-state index in [9.17, 15) is 24.0 Å². The van der Waals surface area contributed by atoms with Crippen LogP contribution in [0.2, 0.25) is 0 Å². The van der Waals surface area contributed by atoms with Crippen molar-refractivity contribution in [3.05, 3.63) is 34.2 Å². The van der Waals surface area contributed by atoms with Gasteiger partial charge in [0, 0.05) is 45.1 Å². The summed E-state index contributed by atoms with van der Waals surface area (Å²) in [5.74, 6) is 5.32. The Balaban J connectivity index is 1.34. The summed E-state index contributed by atoms with van der Waals surface area (Å²) in [5, 5.41) is 2.31. The second-order valence-electron chi connectivity index (χ2n) is 10.6. The number of aryl methyl sites for hydroxylation is 1. The van der Waals surface area contributed by atoms with Gasteiger partial charge in [0.25, 0.3) is 0 Å². The van der Waals surface area contributed by atoms with E-state index in [0.29, 0.717) is 43.5 Å². The number of imide groups is 1. The van der Waals surface area contributed by atoms with Crippen molar-refractivity contribution < 1.29 is 23.9 Å². The van der Waals surface area contributed by atoms with Gasteiger partial charge in [-0.1, -0.05) is 11.8 Å². The van der Waals surface area contributed by atoms with Crippen LogP contribution in [0.15, 0.2) is 23.0 Å². The smallest absolute Gasteiger partial charge is 0.410 e. The maximum Gasteiger partial charge on any atom is 0.410 e. The Bertz CT molecular complexity index is 1400. The molecule has 0 radical (unpaired) electrons. The minimum absolute atomic E-state index is 0.0117. The number of piperazine rings is 1. The zero-order valence-electron chi connectivity index (χ0n) is 22.2. The number of nitrogens with one attached hydrogen (secondary N) is 1. The monoisotopic (exact) mass is 523 g/mol. The maximum atomic E-state index is 12.9. The molecule has 38 heavy (non-hydrogen) atoms. The van der Waals surface area contributed by atoms with E-state index in [-0.39, 0.29) is 36.9 Å². The van der Waals surface area contributed by atoms with Crippen LogP contribution in [0.5, 0.6) is 0 Å². The molecule has 2 aliphatic heterocycles. The fraction of sp³-hybridized carbons (Fsp3) is 0.519. The Hall–Kier alpha value is -4.07. The summed E-state index contributed by atoms with van der Waals surface area (Å²) in [6.07, 6.45) is 1.27. The molecule has 1 aromatic carbocycles. The van der Waals surface area contributed by atoms with Crippen molar-refractivity contribution in [2.45, 2.75) is 58.1 Å². The van der Waals surface area contributed by atoms with Crippen LogP contribution in [-0.2, 0) is 26.2 Å². The lowest BCUT2D eigenvalue weighted by Gasteiger charge is -2.35. The molecular formula is C27H33N5O6. The molecule has 2 aliphatic rings. The highest BCUT2D eigenvalue weighted by Crippen LogP contribution is 2.23. The minimum atomic E-state index is -0.727. The van der Waals surface area contributed by atoms with Crippen molar-refractivity contribution in [1.29, 1.82) is 0 Å². The van der Waals surface area contributed by atoms with Gasteiger partial charge in [-0.3, -0.25) is 33.7 Å². The number of carbonyl (C=O) groups is 4. The minimum Gasteiger partial charge on any atom is -0.444 e. The Kier molecular flexibility index (Phi) is 7.62. The number of nitrogens with zero attached hydrogens (tertiary/aromatic N) is 4. The van der Waals surface area contributed by atoms with Crippen LogP contribution in [0.3, 0.4) is 0 Å². The molecule has 4 amide bonds. The predicted molar refractivity (Wildman–Crippen MR) is 139 cm³/mol. The summed E-state index contributed by atoms with van der Waals surface area (Å²) in [6.45, 7) is 6.84. The van der Waals surface area contributed by atoms with Crippen molar-refractivity contribution in [2.24, 2.45) is 7.05 Å². The number of ether oxygens (including phenoxy) is 1. The molecule has 2 saturated heterocycles. The molecule has 1 unspecified atom stereocenters. The van der Waals surface area contributed by atoms with Gasteiger partial charge in [0.15, 0.2) is 0 Å². The van der Waals surface area contributed by atoms with Gasteiger partial charge in [0.1, 0.15) is 18.2 Å². The van der Waals surface area contributed by atoms with Crippen molar-refractivity contribution in [3.63, 3.8) is 0 Å². The zero-order valence-corrected chi connectivity index (χ0v) is 22.2. The third-order valence-electron chi connectivity index (χ3n) is 6.54. The first-order chi connectivity index (χ1) is 17.9. The summed E-state index contributed by atoms with van der Waals surface area (Å²) in [5.41, 5.74) is 1.07. The fourth-order valence-electron chi connectivity index (χ4n) is 4.62. The van der Waals surface area contributed by atoms with E-state index in [1.165, 1.54) is 14.0 Å². The molecule has 3 heterocycles. The van der Waals surface area contributed by atoms with Crippen LogP contribution >= 0.6 is 0 Å². The van der Waals surface area contributed by atoms with Gasteiger partial charge in [0.05, 0.1) is 11.0 Å². The molecule has 0 aliphatic carbocycles. The van der Waals surface area contributed by atoms with E-state index >= 15 is 0 Å². The summed E-state index contributed by atoms with van der Waals surface area (Å²) in [4.78, 5) is 64.6. The molecule has 11 heteroatoms. The summed E-state index contributed by atoms with van der Waals surface area (Å²) < 4.78 is 8.26. The number of unbranched alkanes of at least 4 members (excludes halogenated alkanes) is 1. The first-order valence-electron chi connectivity index (χ1n) is 12.7. The topological polar surface area (TPSA) is 123 Å². The summed E-state index contributed by atoms with van der Waals surface area (Å²) in [6, 6.07) is 4.66. The number of rotatable bonds is 4. The van der Waals surface area contributed by atoms with Gasteiger partial charge in [-0.2, -0.15) is 0 Å². The fourth-order valence-corrected chi connectivity index (χ4v) is 4.62.